The normalized spacial score (nSPS) is 36.3. The second-order valence-corrected chi connectivity index (χ2v) is 4.00. The van der Waals surface area contributed by atoms with E-state index in [1.165, 1.54) is 0 Å². The zero-order valence-electron chi connectivity index (χ0n) is 7.42. The van der Waals surface area contributed by atoms with Crippen molar-refractivity contribution in [2.75, 3.05) is 0 Å². The Kier molecular flexibility index (Phi) is 2.73. The first-order chi connectivity index (χ1) is 5.52. The lowest BCUT2D eigenvalue weighted by Gasteiger charge is -2.34. The number of carboxylic acid groups (broad SMARTS) is 1. The van der Waals surface area contributed by atoms with E-state index in [1.54, 1.807) is 0 Å². The van der Waals surface area contributed by atoms with Gasteiger partial charge in [0, 0.05) is 0 Å². The van der Waals surface area contributed by atoms with E-state index in [-0.39, 0.29) is 6.42 Å². The van der Waals surface area contributed by atoms with Gasteiger partial charge >= 0.3 is 5.97 Å². The summed E-state index contributed by atoms with van der Waals surface area (Å²) in [4.78, 5) is 10.4. The molecule has 0 heterocycles. The van der Waals surface area contributed by atoms with Crippen molar-refractivity contribution in [3.8, 4) is 0 Å². The molecule has 0 aliphatic heterocycles. The largest absolute Gasteiger partial charge is 0.481 e. The van der Waals surface area contributed by atoms with Gasteiger partial charge < -0.3 is 10.2 Å². The molecular weight excluding hydrogens is 156 g/mol. The molecule has 0 aromatic heterocycles. The van der Waals surface area contributed by atoms with Gasteiger partial charge in [0.25, 0.3) is 0 Å². The van der Waals surface area contributed by atoms with Crippen molar-refractivity contribution < 1.29 is 15.0 Å². The second-order valence-electron chi connectivity index (χ2n) is 4.00. The summed E-state index contributed by atoms with van der Waals surface area (Å²) in [6, 6.07) is 0. The van der Waals surface area contributed by atoms with Gasteiger partial charge in [-0.15, -0.1) is 0 Å². The Labute approximate surface area is 72.4 Å². The van der Waals surface area contributed by atoms with Crippen LogP contribution in [0.2, 0.25) is 0 Å². The van der Waals surface area contributed by atoms with Crippen molar-refractivity contribution in [2.45, 2.75) is 44.6 Å². The third-order valence-corrected chi connectivity index (χ3v) is 2.55. The van der Waals surface area contributed by atoms with E-state index in [9.17, 15) is 9.90 Å². The molecule has 0 amide bonds. The van der Waals surface area contributed by atoms with Crippen LogP contribution in [0.3, 0.4) is 0 Å². The molecule has 1 aliphatic carbocycles. The molecule has 0 saturated heterocycles. The number of rotatable bonds is 2. The molecule has 1 aliphatic rings. The molecule has 70 valence electrons. The summed E-state index contributed by atoms with van der Waals surface area (Å²) in [6.45, 7) is 2.06. The van der Waals surface area contributed by atoms with Crippen molar-refractivity contribution in [3.63, 3.8) is 0 Å². The molecule has 2 N–H and O–H groups in total. The maximum Gasteiger partial charge on any atom is 0.306 e. The smallest absolute Gasteiger partial charge is 0.306 e. The molecule has 1 saturated carbocycles. The van der Waals surface area contributed by atoms with Gasteiger partial charge in [-0.1, -0.05) is 19.8 Å². The summed E-state index contributed by atoms with van der Waals surface area (Å²) in [5.74, 6) is -0.435. The number of carboxylic acids is 1. The minimum atomic E-state index is -0.927. The highest BCUT2D eigenvalue weighted by atomic mass is 16.4. The molecule has 1 fully saturated rings. The Morgan fingerprint density at radius 2 is 2.33 bits per heavy atom. The van der Waals surface area contributed by atoms with Gasteiger partial charge in [-0.2, -0.15) is 0 Å². The van der Waals surface area contributed by atoms with Gasteiger partial charge in [-0.05, 0) is 18.8 Å². The summed E-state index contributed by atoms with van der Waals surface area (Å²) in [5.41, 5.74) is -0.927. The van der Waals surface area contributed by atoms with Gasteiger partial charge in [0.05, 0.1) is 12.0 Å². The fraction of sp³-hybridized carbons (Fsp3) is 0.889. The SMILES string of the molecule is CC1CCCC(O)(CC(=O)O)C1. The third-order valence-electron chi connectivity index (χ3n) is 2.55. The lowest BCUT2D eigenvalue weighted by Crippen LogP contribution is -2.36. The average Bonchev–Trinajstić information content (AvgIpc) is 1.82. The lowest BCUT2D eigenvalue weighted by atomic mass is 9.77. The van der Waals surface area contributed by atoms with E-state index in [1.807, 2.05) is 0 Å². The summed E-state index contributed by atoms with van der Waals surface area (Å²) in [5, 5.41) is 18.4. The van der Waals surface area contributed by atoms with Gasteiger partial charge in [0.2, 0.25) is 0 Å². The van der Waals surface area contributed by atoms with Crippen LogP contribution in [0.15, 0.2) is 0 Å². The minimum Gasteiger partial charge on any atom is -0.481 e. The Morgan fingerprint density at radius 1 is 1.67 bits per heavy atom. The summed E-state index contributed by atoms with van der Waals surface area (Å²) in [7, 11) is 0. The Balaban J connectivity index is 2.51. The summed E-state index contributed by atoms with van der Waals surface area (Å²) in [6.07, 6.45) is 3.24. The highest BCUT2D eigenvalue weighted by Gasteiger charge is 2.34. The molecule has 0 aromatic carbocycles. The van der Waals surface area contributed by atoms with Crippen molar-refractivity contribution >= 4 is 5.97 Å². The quantitative estimate of drug-likeness (QED) is 0.662. The average molecular weight is 172 g/mol. The number of carbonyl (C=O) groups is 1. The molecule has 12 heavy (non-hydrogen) atoms. The van der Waals surface area contributed by atoms with E-state index in [0.717, 1.165) is 12.8 Å². The zero-order chi connectivity index (χ0) is 9.19. The van der Waals surface area contributed by atoms with Crippen molar-refractivity contribution in [3.05, 3.63) is 0 Å². The van der Waals surface area contributed by atoms with Crippen molar-refractivity contribution in [1.29, 1.82) is 0 Å². The number of aliphatic hydroxyl groups is 1. The number of hydrogen-bond donors (Lipinski definition) is 2. The van der Waals surface area contributed by atoms with Crippen LogP contribution >= 0.6 is 0 Å². The van der Waals surface area contributed by atoms with Crippen LogP contribution in [0.5, 0.6) is 0 Å². The predicted molar refractivity (Wildman–Crippen MR) is 44.8 cm³/mol. The van der Waals surface area contributed by atoms with Crippen LogP contribution in [0, 0.1) is 5.92 Å². The van der Waals surface area contributed by atoms with E-state index in [0.29, 0.717) is 18.8 Å². The Morgan fingerprint density at radius 3 is 2.83 bits per heavy atom. The van der Waals surface area contributed by atoms with Gasteiger partial charge in [-0.3, -0.25) is 4.79 Å². The Bertz CT molecular complexity index is 179. The molecule has 2 unspecified atom stereocenters. The fourth-order valence-electron chi connectivity index (χ4n) is 2.07. The first-order valence-corrected chi connectivity index (χ1v) is 4.46. The van der Waals surface area contributed by atoms with Crippen LogP contribution in [-0.2, 0) is 4.79 Å². The highest BCUT2D eigenvalue weighted by molar-refractivity contribution is 5.68. The van der Waals surface area contributed by atoms with Crippen LogP contribution in [-0.4, -0.2) is 21.8 Å². The second kappa shape index (κ2) is 3.44. The van der Waals surface area contributed by atoms with Crippen molar-refractivity contribution in [1.82, 2.24) is 0 Å². The van der Waals surface area contributed by atoms with E-state index < -0.39 is 11.6 Å². The molecule has 0 spiro atoms. The third kappa shape index (κ3) is 2.48. The maximum absolute atomic E-state index is 10.4. The topological polar surface area (TPSA) is 57.5 Å². The van der Waals surface area contributed by atoms with Gasteiger partial charge in [0.15, 0.2) is 0 Å². The molecule has 3 nitrogen and oxygen atoms in total. The molecule has 2 atom stereocenters. The molecular formula is C9H16O3. The maximum atomic E-state index is 10.4. The standard InChI is InChI=1S/C9H16O3/c1-7-3-2-4-9(12,5-7)6-8(10)11/h7,12H,2-6H2,1H3,(H,10,11). The Hall–Kier alpha value is -0.570. The molecule has 1 rings (SSSR count). The van der Waals surface area contributed by atoms with Gasteiger partial charge in [0.1, 0.15) is 0 Å². The monoisotopic (exact) mass is 172 g/mol. The van der Waals surface area contributed by atoms with E-state index in [2.05, 4.69) is 6.92 Å². The van der Waals surface area contributed by atoms with Crippen molar-refractivity contribution in [2.24, 2.45) is 5.92 Å². The molecule has 0 radical (unpaired) electrons. The summed E-state index contributed by atoms with van der Waals surface area (Å²) >= 11 is 0. The zero-order valence-corrected chi connectivity index (χ0v) is 7.42. The minimum absolute atomic E-state index is 0.0999. The van der Waals surface area contributed by atoms with Crippen LogP contribution < -0.4 is 0 Å². The summed E-state index contributed by atoms with van der Waals surface area (Å²) < 4.78 is 0. The van der Waals surface area contributed by atoms with Crippen LogP contribution in [0.4, 0.5) is 0 Å². The first-order valence-electron chi connectivity index (χ1n) is 4.46. The molecule has 0 bridgehead atoms. The van der Waals surface area contributed by atoms with E-state index >= 15 is 0 Å². The predicted octanol–water partition coefficient (Wildman–Crippen LogP) is 1.40. The number of hydrogen-bond acceptors (Lipinski definition) is 2. The highest BCUT2D eigenvalue weighted by Crippen LogP contribution is 2.34. The first kappa shape index (κ1) is 9.52. The molecule has 3 heteroatoms. The van der Waals surface area contributed by atoms with Gasteiger partial charge in [-0.25, -0.2) is 0 Å². The van der Waals surface area contributed by atoms with Crippen LogP contribution in [0.25, 0.3) is 0 Å². The molecule has 0 aromatic rings. The number of aliphatic carboxylic acids is 1. The van der Waals surface area contributed by atoms with E-state index in [4.69, 9.17) is 5.11 Å². The lowest BCUT2D eigenvalue weighted by molar-refractivity contribution is -0.144. The van der Waals surface area contributed by atoms with Crippen LogP contribution in [0.1, 0.15) is 39.0 Å². The fourth-order valence-corrected chi connectivity index (χ4v) is 2.07.